The molecule has 0 spiro atoms. The van der Waals surface area contributed by atoms with Gasteiger partial charge in [-0.15, -0.1) is 11.3 Å². The fourth-order valence-electron chi connectivity index (χ4n) is 2.75. The molecule has 118 valence electrons. The van der Waals surface area contributed by atoms with Crippen LogP contribution < -0.4 is 10.2 Å². The van der Waals surface area contributed by atoms with Crippen LogP contribution in [0.4, 0.5) is 5.13 Å². The van der Waals surface area contributed by atoms with Crippen molar-refractivity contribution >= 4 is 16.5 Å². The van der Waals surface area contributed by atoms with E-state index < -0.39 is 0 Å². The highest BCUT2D eigenvalue weighted by molar-refractivity contribution is 7.15. The number of hydrogen-bond acceptors (Lipinski definition) is 5. The molecule has 2 unspecified atom stereocenters. The van der Waals surface area contributed by atoms with Gasteiger partial charge in [-0.2, -0.15) is 0 Å². The number of rotatable bonds is 5. The van der Waals surface area contributed by atoms with Gasteiger partial charge in [0.25, 0.3) is 0 Å². The van der Waals surface area contributed by atoms with Crippen molar-refractivity contribution in [2.45, 2.75) is 71.2 Å². The maximum atomic E-state index is 5.74. The fraction of sp³-hybridized carbons (Fsp3) is 0.812. The minimum atomic E-state index is 0.292. The normalized spacial score (nSPS) is 26.6. The standard InChI is InChI=1S/C16H27N3OS/c1-10(2)15-14(7-17-13-5-6-13)21-16(18-15)19-8-12(4)20-9-11(19)3/h10-13,17H,5-9H2,1-4H3. The summed E-state index contributed by atoms with van der Waals surface area (Å²) < 4.78 is 5.74. The van der Waals surface area contributed by atoms with Crippen molar-refractivity contribution in [1.82, 2.24) is 10.3 Å². The van der Waals surface area contributed by atoms with E-state index in [1.54, 1.807) is 0 Å². The van der Waals surface area contributed by atoms with Crippen LogP contribution in [0.2, 0.25) is 0 Å². The molecule has 4 nitrogen and oxygen atoms in total. The Balaban J connectivity index is 1.78. The van der Waals surface area contributed by atoms with Crippen LogP contribution in [0.5, 0.6) is 0 Å². The molecule has 1 saturated heterocycles. The number of anilines is 1. The summed E-state index contributed by atoms with van der Waals surface area (Å²) in [6.07, 6.45) is 2.96. The van der Waals surface area contributed by atoms with Gasteiger partial charge in [-0.05, 0) is 32.6 Å². The Morgan fingerprint density at radius 2 is 2.14 bits per heavy atom. The molecular weight excluding hydrogens is 282 g/mol. The summed E-state index contributed by atoms with van der Waals surface area (Å²) in [4.78, 5) is 8.80. The summed E-state index contributed by atoms with van der Waals surface area (Å²) in [6.45, 7) is 11.6. The van der Waals surface area contributed by atoms with Gasteiger partial charge >= 0.3 is 0 Å². The lowest BCUT2D eigenvalue weighted by atomic mass is 10.1. The molecule has 2 fully saturated rings. The quantitative estimate of drug-likeness (QED) is 0.907. The second-order valence-corrected chi connectivity index (χ2v) is 7.82. The van der Waals surface area contributed by atoms with E-state index in [1.165, 1.54) is 28.5 Å². The van der Waals surface area contributed by atoms with Crippen molar-refractivity contribution in [2.75, 3.05) is 18.1 Å². The summed E-state index contributed by atoms with van der Waals surface area (Å²) in [5.41, 5.74) is 1.27. The zero-order valence-corrected chi connectivity index (χ0v) is 14.4. The first-order valence-electron chi connectivity index (χ1n) is 8.15. The van der Waals surface area contributed by atoms with Crippen LogP contribution in [0, 0.1) is 0 Å². The Morgan fingerprint density at radius 1 is 1.38 bits per heavy atom. The van der Waals surface area contributed by atoms with E-state index in [2.05, 4.69) is 37.9 Å². The van der Waals surface area contributed by atoms with Crippen molar-refractivity contribution in [1.29, 1.82) is 0 Å². The number of hydrogen-bond donors (Lipinski definition) is 1. The number of aromatic nitrogens is 1. The molecule has 1 saturated carbocycles. The molecule has 1 N–H and O–H groups in total. The molecule has 5 heteroatoms. The summed E-state index contributed by atoms with van der Waals surface area (Å²) in [7, 11) is 0. The third-order valence-electron chi connectivity index (χ3n) is 4.25. The highest BCUT2D eigenvalue weighted by Crippen LogP contribution is 2.33. The predicted octanol–water partition coefficient (Wildman–Crippen LogP) is 3.13. The van der Waals surface area contributed by atoms with E-state index in [-0.39, 0.29) is 0 Å². The molecule has 0 radical (unpaired) electrons. The maximum absolute atomic E-state index is 5.74. The lowest BCUT2D eigenvalue weighted by Crippen LogP contribution is -2.47. The first-order chi connectivity index (χ1) is 10.0. The van der Waals surface area contributed by atoms with Gasteiger partial charge in [0, 0.05) is 24.0 Å². The summed E-state index contributed by atoms with van der Waals surface area (Å²) in [5, 5.41) is 4.81. The molecule has 0 aromatic carbocycles. The molecule has 1 aliphatic heterocycles. The molecule has 2 heterocycles. The zero-order valence-electron chi connectivity index (χ0n) is 13.6. The van der Waals surface area contributed by atoms with Gasteiger partial charge in [0.1, 0.15) is 0 Å². The van der Waals surface area contributed by atoms with Crippen LogP contribution in [0.25, 0.3) is 0 Å². The lowest BCUT2D eigenvalue weighted by molar-refractivity contribution is 0.0343. The van der Waals surface area contributed by atoms with Gasteiger partial charge in [-0.1, -0.05) is 13.8 Å². The number of ether oxygens (including phenoxy) is 1. The Kier molecular flexibility index (Phi) is 4.52. The van der Waals surface area contributed by atoms with Gasteiger partial charge in [-0.25, -0.2) is 4.98 Å². The van der Waals surface area contributed by atoms with Crippen LogP contribution in [-0.2, 0) is 11.3 Å². The van der Waals surface area contributed by atoms with Gasteiger partial charge in [0.2, 0.25) is 0 Å². The predicted molar refractivity (Wildman–Crippen MR) is 88.3 cm³/mol. The first kappa shape index (κ1) is 15.3. The Hall–Kier alpha value is -0.650. The van der Waals surface area contributed by atoms with Crippen LogP contribution in [-0.4, -0.2) is 36.3 Å². The molecule has 21 heavy (non-hydrogen) atoms. The molecule has 1 aromatic rings. The first-order valence-corrected chi connectivity index (χ1v) is 8.97. The molecule has 2 aliphatic rings. The van der Waals surface area contributed by atoms with Gasteiger partial charge in [-0.3, -0.25) is 0 Å². The van der Waals surface area contributed by atoms with E-state index in [1.807, 2.05) is 11.3 Å². The third-order valence-corrected chi connectivity index (χ3v) is 5.35. The molecule has 1 aliphatic carbocycles. The average Bonchev–Trinajstić information content (AvgIpc) is 3.17. The van der Waals surface area contributed by atoms with Crippen molar-refractivity contribution in [3.05, 3.63) is 10.6 Å². The minimum absolute atomic E-state index is 0.292. The topological polar surface area (TPSA) is 37.4 Å². The second kappa shape index (κ2) is 6.23. The highest BCUT2D eigenvalue weighted by atomic mass is 32.1. The zero-order chi connectivity index (χ0) is 15.0. The summed E-state index contributed by atoms with van der Waals surface area (Å²) in [6, 6.07) is 1.16. The molecular formula is C16H27N3OS. The summed E-state index contributed by atoms with van der Waals surface area (Å²) in [5.74, 6) is 0.486. The summed E-state index contributed by atoms with van der Waals surface area (Å²) >= 11 is 1.87. The van der Waals surface area contributed by atoms with Crippen LogP contribution >= 0.6 is 11.3 Å². The number of nitrogens with one attached hydrogen (secondary N) is 1. The fourth-order valence-corrected chi connectivity index (χ4v) is 4.02. The SMILES string of the molecule is CC1CN(c2nc(C(C)C)c(CNC3CC3)s2)C(C)CO1. The second-order valence-electron chi connectivity index (χ2n) is 6.76. The highest BCUT2D eigenvalue weighted by Gasteiger charge is 2.28. The van der Waals surface area contributed by atoms with E-state index in [4.69, 9.17) is 9.72 Å². The smallest absolute Gasteiger partial charge is 0.186 e. The van der Waals surface area contributed by atoms with Crippen LogP contribution in [0.1, 0.15) is 57.0 Å². The van der Waals surface area contributed by atoms with Gasteiger partial charge in [0.05, 0.1) is 24.4 Å². The largest absolute Gasteiger partial charge is 0.375 e. The van der Waals surface area contributed by atoms with Crippen molar-refractivity contribution in [2.24, 2.45) is 0 Å². The maximum Gasteiger partial charge on any atom is 0.186 e. The van der Waals surface area contributed by atoms with Gasteiger partial charge < -0.3 is 15.0 Å². The van der Waals surface area contributed by atoms with E-state index in [0.717, 1.165) is 25.7 Å². The van der Waals surface area contributed by atoms with E-state index in [9.17, 15) is 0 Å². The molecule has 3 rings (SSSR count). The van der Waals surface area contributed by atoms with Crippen molar-refractivity contribution in [3.8, 4) is 0 Å². The lowest BCUT2D eigenvalue weighted by Gasteiger charge is -2.36. The Labute approximate surface area is 131 Å². The van der Waals surface area contributed by atoms with E-state index in [0.29, 0.717) is 18.1 Å². The Bertz CT molecular complexity index is 484. The Morgan fingerprint density at radius 3 is 2.81 bits per heavy atom. The van der Waals surface area contributed by atoms with Crippen molar-refractivity contribution in [3.63, 3.8) is 0 Å². The van der Waals surface area contributed by atoms with E-state index >= 15 is 0 Å². The molecule has 2 atom stereocenters. The van der Waals surface area contributed by atoms with Crippen molar-refractivity contribution < 1.29 is 4.74 Å². The number of thiazole rings is 1. The molecule has 0 amide bonds. The monoisotopic (exact) mass is 309 g/mol. The molecule has 0 bridgehead atoms. The third kappa shape index (κ3) is 3.58. The number of nitrogens with zero attached hydrogens (tertiary/aromatic N) is 2. The number of morpholine rings is 1. The van der Waals surface area contributed by atoms with Crippen LogP contribution in [0.15, 0.2) is 0 Å². The average molecular weight is 309 g/mol. The van der Waals surface area contributed by atoms with Gasteiger partial charge in [0.15, 0.2) is 5.13 Å². The minimum Gasteiger partial charge on any atom is -0.375 e. The van der Waals surface area contributed by atoms with Crippen LogP contribution in [0.3, 0.4) is 0 Å². The molecule has 1 aromatic heterocycles.